The van der Waals surface area contributed by atoms with Gasteiger partial charge in [-0.3, -0.25) is 5.10 Å². The Hall–Kier alpha value is -3.49. The van der Waals surface area contributed by atoms with E-state index < -0.39 is 0 Å². The van der Waals surface area contributed by atoms with Crippen LogP contribution in [-0.2, 0) is 0 Å². The van der Waals surface area contributed by atoms with Crippen LogP contribution in [0.3, 0.4) is 0 Å². The van der Waals surface area contributed by atoms with Gasteiger partial charge in [0.25, 0.3) is 0 Å². The van der Waals surface area contributed by atoms with Crippen LogP contribution in [0.4, 0.5) is 0 Å². The van der Waals surface area contributed by atoms with Gasteiger partial charge >= 0.3 is 0 Å². The molecule has 130 valence electrons. The summed E-state index contributed by atoms with van der Waals surface area (Å²) in [7, 11) is 0. The standard InChI is InChI=1S/C21H12ClN3O2/c22-18-7-14(26)6-17-16(18)8-15(20(17)21-12(9-23)3-4-27-21)11-1-2-19-13(5-11)10-24-25-19/h1-8,10,20,26H,(H,24,25). The van der Waals surface area contributed by atoms with Crippen molar-refractivity contribution in [1.82, 2.24) is 10.2 Å². The van der Waals surface area contributed by atoms with Crippen molar-refractivity contribution >= 4 is 34.2 Å². The van der Waals surface area contributed by atoms with Gasteiger partial charge in [0, 0.05) is 5.39 Å². The average Bonchev–Trinajstić information content (AvgIpc) is 3.37. The maximum atomic E-state index is 10.1. The van der Waals surface area contributed by atoms with Gasteiger partial charge < -0.3 is 9.52 Å². The van der Waals surface area contributed by atoms with E-state index in [1.165, 1.54) is 12.3 Å². The summed E-state index contributed by atoms with van der Waals surface area (Å²) >= 11 is 6.39. The van der Waals surface area contributed by atoms with E-state index in [1.54, 1.807) is 18.3 Å². The van der Waals surface area contributed by atoms with Crippen molar-refractivity contribution in [1.29, 1.82) is 5.26 Å². The van der Waals surface area contributed by atoms with Crippen LogP contribution in [0.1, 0.15) is 33.9 Å². The molecule has 1 atom stereocenters. The molecule has 5 nitrogen and oxygen atoms in total. The normalized spacial score (nSPS) is 15.6. The zero-order valence-electron chi connectivity index (χ0n) is 13.9. The smallest absolute Gasteiger partial charge is 0.133 e. The Bertz CT molecular complexity index is 1280. The quantitative estimate of drug-likeness (QED) is 0.513. The number of phenols is 1. The van der Waals surface area contributed by atoms with Crippen LogP contribution in [0, 0.1) is 11.3 Å². The number of nitrogens with zero attached hydrogens (tertiary/aromatic N) is 2. The van der Waals surface area contributed by atoms with E-state index in [2.05, 4.69) is 16.3 Å². The SMILES string of the molecule is N#Cc1ccoc1C1C(c2ccc3[nH]ncc3c2)=Cc2c(Cl)cc(O)cc21. The number of hydrogen-bond acceptors (Lipinski definition) is 4. The minimum Gasteiger partial charge on any atom is -0.508 e. The first-order valence-electron chi connectivity index (χ1n) is 8.30. The molecule has 2 heterocycles. The molecule has 0 fully saturated rings. The molecule has 0 amide bonds. The molecule has 0 radical (unpaired) electrons. The Labute approximate surface area is 159 Å². The van der Waals surface area contributed by atoms with Crippen molar-refractivity contribution in [2.24, 2.45) is 0 Å². The molecule has 5 rings (SSSR count). The molecular formula is C21H12ClN3O2. The van der Waals surface area contributed by atoms with E-state index in [1.807, 2.05) is 24.3 Å². The molecule has 4 aromatic rings. The highest BCUT2D eigenvalue weighted by Crippen LogP contribution is 2.50. The van der Waals surface area contributed by atoms with Gasteiger partial charge in [-0.05, 0) is 58.7 Å². The third-order valence-corrected chi connectivity index (χ3v) is 5.23. The number of aromatic nitrogens is 2. The van der Waals surface area contributed by atoms with Crippen molar-refractivity contribution in [2.45, 2.75) is 5.92 Å². The first-order chi connectivity index (χ1) is 13.2. The van der Waals surface area contributed by atoms with Gasteiger partial charge in [0.05, 0.1) is 34.5 Å². The summed E-state index contributed by atoms with van der Waals surface area (Å²) in [6, 6.07) is 13.0. The maximum absolute atomic E-state index is 10.1. The van der Waals surface area contributed by atoms with Crippen LogP contribution >= 0.6 is 11.6 Å². The van der Waals surface area contributed by atoms with Gasteiger partial charge in [0.1, 0.15) is 17.6 Å². The number of fused-ring (bicyclic) bond motifs is 2. The van der Waals surface area contributed by atoms with E-state index >= 15 is 0 Å². The highest BCUT2D eigenvalue weighted by Gasteiger charge is 2.33. The van der Waals surface area contributed by atoms with Gasteiger partial charge in [0.15, 0.2) is 0 Å². The fourth-order valence-electron chi connectivity index (χ4n) is 3.71. The number of halogens is 1. The number of furan rings is 1. The van der Waals surface area contributed by atoms with Crippen LogP contribution in [0.2, 0.25) is 5.02 Å². The Balaban J connectivity index is 1.77. The van der Waals surface area contributed by atoms with Crippen LogP contribution < -0.4 is 0 Å². The Morgan fingerprint density at radius 3 is 2.96 bits per heavy atom. The number of phenolic OH excluding ortho intramolecular Hbond substituents is 1. The van der Waals surface area contributed by atoms with E-state index in [-0.39, 0.29) is 11.7 Å². The predicted octanol–water partition coefficient (Wildman–Crippen LogP) is 5.07. The van der Waals surface area contributed by atoms with Crippen LogP contribution in [0.15, 0.2) is 53.3 Å². The highest BCUT2D eigenvalue weighted by molar-refractivity contribution is 6.33. The Morgan fingerprint density at radius 1 is 1.22 bits per heavy atom. The largest absolute Gasteiger partial charge is 0.508 e. The van der Waals surface area contributed by atoms with E-state index in [0.29, 0.717) is 16.3 Å². The Kier molecular flexibility index (Phi) is 3.36. The van der Waals surface area contributed by atoms with Gasteiger partial charge in [-0.1, -0.05) is 17.7 Å². The maximum Gasteiger partial charge on any atom is 0.133 e. The molecule has 1 aliphatic rings. The summed E-state index contributed by atoms with van der Waals surface area (Å²) in [5, 5.41) is 28.0. The fraction of sp³-hybridized carbons (Fsp3) is 0.0476. The lowest BCUT2D eigenvalue weighted by Crippen LogP contribution is -2.02. The molecule has 1 aliphatic carbocycles. The van der Waals surface area contributed by atoms with Gasteiger partial charge in [-0.25, -0.2) is 0 Å². The zero-order chi connectivity index (χ0) is 18.5. The molecular weight excluding hydrogens is 362 g/mol. The number of nitrogens with one attached hydrogen (secondary N) is 1. The molecule has 0 aliphatic heterocycles. The number of H-pyrrole nitrogens is 1. The van der Waals surface area contributed by atoms with E-state index in [4.69, 9.17) is 16.0 Å². The second kappa shape index (κ2) is 5.76. The second-order valence-corrected chi connectivity index (χ2v) is 6.85. The van der Waals surface area contributed by atoms with E-state index in [0.717, 1.165) is 33.2 Å². The number of rotatable bonds is 2. The molecule has 6 heteroatoms. The third-order valence-electron chi connectivity index (χ3n) is 4.92. The third kappa shape index (κ3) is 2.35. The fourth-order valence-corrected chi connectivity index (χ4v) is 3.99. The average molecular weight is 374 g/mol. The van der Waals surface area contributed by atoms with Crippen LogP contribution in [0.25, 0.3) is 22.6 Å². The molecule has 0 bridgehead atoms. The molecule has 0 saturated carbocycles. The molecule has 0 spiro atoms. The first-order valence-corrected chi connectivity index (χ1v) is 8.68. The minimum atomic E-state index is -0.335. The molecule has 1 unspecified atom stereocenters. The van der Waals surface area contributed by atoms with Gasteiger partial charge in [-0.2, -0.15) is 10.4 Å². The number of benzene rings is 2. The monoisotopic (exact) mass is 373 g/mol. The summed E-state index contributed by atoms with van der Waals surface area (Å²) in [5.74, 6) is 0.281. The predicted molar refractivity (Wildman–Crippen MR) is 102 cm³/mol. The van der Waals surface area contributed by atoms with Gasteiger partial charge in [-0.15, -0.1) is 0 Å². The van der Waals surface area contributed by atoms with Crippen molar-refractivity contribution in [3.05, 3.63) is 81.9 Å². The van der Waals surface area contributed by atoms with E-state index in [9.17, 15) is 10.4 Å². The second-order valence-electron chi connectivity index (χ2n) is 6.45. The molecule has 2 N–H and O–H groups in total. The lowest BCUT2D eigenvalue weighted by Gasteiger charge is -2.16. The molecule has 0 saturated heterocycles. The topological polar surface area (TPSA) is 85.8 Å². The van der Waals surface area contributed by atoms with Crippen molar-refractivity contribution in [2.75, 3.05) is 0 Å². The summed E-state index contributed by atoms with van der Waals surface area (Å²) in [5.41, 5.74) is 4.96. The van der Waals surface area contributed by atoms with Crippen molar-refractivity contribution in [3.63, 3.8) is 0 Å². The highest BCUT2D eigenvalue weighted by atomic mass is 35.5. The summed E-state index contributed by atoms with van der Waals surface area (Å²) in [4.78, 5) is 0. The van der Waals surface area contributed by atoms with Crippen LogP contribution in [-0.4, -0.2) is 15.3 Å². The van der Waals surface area contributed by atoms with Gasteiger partial charge in [0.2, 0.25) is 0 Å². The van der Waals surface area contributed by atoms with Crippen LogP contribution in [0.5, 0.6) is 5.75 Å². The minimum absolute atomic E-state index is 0.0775. The summed E-state index contributed by atoms with van der Waals surface area (Å²) in [6.07, 6.45) is 5.27. The zero-order valence-corrected chi connectivity index (χ0v) is 14.7. The van der Waals surface area contributed by atoms with Crippen molar-refractivity contribution < 1.29 is 9.52 Å². The lowest BCUT2D eigenvalue weighted by molar-refractivity contribution is 0.473. The number of aromatic hydroxyl groups is 1. The number of aromatic amines is 1. The molecule has 27 heavy (non-hydrogen) atoms. The number of nitriles is 1. The first kappa shape index (κ1) is 15.7. The molecule has 2 aromatic heterocycles. The summed E-state index contributed by atoms with van der Waals surface area (Å²) < 4.78 is 5.69. The lowest BCUT2D eigenvalue weighted by atomic mass is 9.87. The Morgan fingerprint density at radius 2 is 2.11 bits per heavy atom. The number of allylic oxidation sites excluding steroid dienone is 1. The number of hydrogen-bond donors (Lipinski definition) is 2. The molecule has 2 aromatic carbocycles. The summed E-state index contributed by atoms with van der Waals surface area (Å²) in [6.45, 7) is 0. The van der Waals surface area contributed by atoms with Crippen molar-refractivity contribution in [3.8, 4) is 11.8 Å².